The van der Waals surface area contributed by atoms with E-state index in [0.717, 1.165) is 0 Å². The fourth-order valence-corrected chi connectivity index (χ4v) is 5.20. The molecule has 0 unspecified atom stereocenters. The molecular formula is C23H31N5O6PdS. The fourth-order valence-electron chi connectivity index (χ4n) is 3.88. The third-order valence-electron chi connectivity index (χ3n) is 5.51. The van der Waals surface area contributed by atoms with Crippen molar-refractivity contribution in [2.75, 3.05) is 24.1 Å². The number of nitrogen functional groups attached to an aromatic ring is 1. The van der Waals surface area contributed by atoms with Crippen molar-refractivity contribution < 1.29 is 49.3 Å². The number of ether oxygens (including phenoxy) is 1. The molecule has 0 spiro atoms. The van der Waals surface area contributed by atoms with E-state index in [0.29, 0.717) is 48.3 Å². The summed E-state index contributed by atoms with van der Waals surface area (Å²) in [4.78, 5) is 18.5. The zero-order chi connectivity index (χ0) is 23.8. The van der Waals surface area contributed by atoms with Crippen LogP contribution < -0.4 is 11.1 Å². The van der Waals surface area contributed by atoms with E-state index >= 15 is 0 Å². The van der Waals surface area contributed by atoms with Crippen LogP contribution in [0.4, 0.5) is 16.2 Å². The van der Waals surface area contributed by atoms with Crippen LogP contribution in [0.5, 0.6) is 0 Å². The number of nitrogens with two attached hydrogens (primary N) is 1. The monoisotopic (exact) mass is 611 g/mol. The number of piperidine rings is 1. The maximum absolute atomic E-state index is 13.1. The molecule has 11 nitrogen and oxygen atoms in total. The van der Waals surface area contributed by atoms with Crippen molar-refractivity contribution in [3.8, 4) is 0 Å². The molecule has 1 amide bonds. The molecule has 3 aromatic rings. The Labute approximate surface area is 224 Å². The molecule has 1 aromatic carbocycles. The van der Waals surface area contributed by atoms with E-state index in [2.05, 4.69) is 10.3 Å². The number of likely N-dealkylation sites (tertiary alicyclic amines) is 1. The molecule has 1 aliphatic heterocycles. The van der Waals surface area contributed by atoms with Gasteiger partial charge in [0.2, 0.25) is 0 Å². The number of carbonyl (C=O) groups excluding carboxylic acids is 1. The Morgan fingerprint density at radius 1 is 1.11 bits per heavy atom. The average molecular weight is 612 g/mol. The maximum atomic E-state index is 13.1. The Kier molecular flexibility index (Phi) is 10.5. The summed E-state index contributed by atoms with van der Waals surface area (Å²) in [5, 5.41) is 4.08. The maximum Gasteiger partial charge on any atom is 2.00 e. The number of nitrogens with zero attached hydrogens (tertiary/aromatic N) is 3. The number of hydrogen-bond donors (Lipinski definition) is 2. The van der Waals surface area contributed by atoms with Gasteiger partial charge in [-0.25, -0.2) is 22.2 Å². The molecule has 0 bridgehead atoms. The Hall–Kier alpha value is -2.69. The van der Waals surface area contributed by atoms with Crippen molar-refractivity contribution in [2.45, 2.75) is 50.2 Å². The number of rotatable bonds is 4. The zero-order valence-electron chi connectivity index (χ0n) is 20.2. The molecule has 0 atom stereocenters. The molecule has 1 fully saturated rings. The smallest absolute Gasteiger partial charge is 0.870 e. The topological polar surface area (TPSA) is 180 Å². The number of benzene rings is 1. The van der Waals surface area contributed by atoms with Gasteiger partial charge in [-0.1, -0.05) is 18.2 Å². The Bertz CT molecular complexity index is 1270. The van der Waals surface area contributed by atoms with Gasteiger partial charge in [0.1, 0.15) is 5.60 Å². The minimum Gasteiger partial charge on any atom is -0.870 e. The van der Waals surface area contributed by atoms with Gasteiger partial charge in [0, 0.05) is 30.7 Å². The molecule has 0 aliphatic carbocycles. The van der Waals surface area contributed by atoms with Crippen molar-refractivity contribution in [1.29, 1.82) is 0 Å². The number of aromatic nitrogens is 2. The predicted octanol–water partition coefficient (Wildman–Crippen LogP) is 3.31. The number of hydrogen-bond acceptors (Lipinski definition) is 9. The van der Waals surface area contributed by atoms with E-state index in [4.69, 9.17) is 10.5 Å². The molecule has 36 heavy (non-hydrogen) atoms. The SMILES string of the molecule is CC(C)(C)OC(=O)N1CCC(Nc2c(N)cnc3c2ccn3S(=O)(=O)c2ccccc2)CC1.[OH-].[OH-].[Pd+2]. The van der Waals surface area contributed by atoms with Crippen LogP contribution in [-0.4, -0.2) is 64.1 Å². The summed E-state index contributed by atoms with van der Waals surface area (Å²) in [7, 11) is -3.79. The number of amides is 1. The van der Waals surface area contributed by atoms with E-state index in [1.165, 1.54) is 16.4 Å². The first-order valence-electron chi connectivity index (χ1n) is 10.9. The summed E-state index contributed by atoms with van der Waals surface area (Å²) in [6.07, 6.45) is 4.08. The van der Waals surface area contributed by atoms with Gasteiger partial charge in [0.25, 0.3) is 10.0 Å². The largest absolute Gasteiger partial charge is 2.00 e. The number of fused-ring (bicyclic) bond motifs is 1. The first-order valence-corrected chi connectivity index (χ1v) is 12.3. The first-order chi connectivity index (χ1) is 15.6. The second kappa shape index (κ2) is 12.0. The van der Waals surface area contributed by atoms with Crippen molar-refractivity contribution in [3.05, 3.63) is 48.8 Å². The summed E-state index contributed by atoms with van der Waals surface area (Å²) in [5.41, 5.74) is 7.07. The molecule has 3 heterocycles. The Morgan fingerprint density at radius 3 is 2.31 bits per heavy atom. The Balaban J connectivity index is 0.00000216. The third kappa shape index (κ3) is 6.54. The van der Waals surface area contributed by atoms with Gasteiger partial charge in [-0.05, 0) is 51.8 Å². The first kappa shape index (κ1) is 31.3. The number of carbonyl (C=O) groups is 1. The fraction of sp³-hybridized carbons (Fsp3) is 0.391. The van der Waals surface area contributed by atoms with Crippen LogP contribution in [0.2, 0.25) is 0 Å². The molecule has 5 N–H and O–H groups in total. The van der Waals surface area contributed by atoms with Crippen molar-refractivity contribution >= 4 is 38.5 Å². The summed E-state index contributed by atoms with van der Waals surface area (Å²) in [6, 6.07) is 10.0. The van der Waals surface area contributed by atoms with Gasteiger partial charge in [-0.3, -0.25) is 0 Å². The van der Waals surface area contributed by atoms with E-state index in [-0.39, 0.29) is 48.4 Å². The Morgan fingerprint density at radius 2 is 1.72 bits per heavy atom. The van der Waals surface area contributed by atoms with Gasteiger partial charge in [0.15, 0.2) is 5.65 Å². The van der Waals surface area contributed by atoms with Gasteiger partial charge in [-0.2, -0.15) is 0 Å². The molecule has 1 saturated heterocycles. The summed E-state index contributed by atoms with van der Waals surface area (Å²) < 4.78 is 32.9. The quantitative estimate of drug-likeness (QED) is 0.418. The molecule has 0 saturated carbocycles. The zero-order valence-corrected chi connectivity index (χ0v) is 22.6. The van der Waals surface area contributed by atoms with Crippen LogP contribution in [0.1, 0.15) is 33.6 Å². The normalized spacial score (nSPS) is 14.2. The second-order valence-electron chi connectivity index (χ2n) is 9.14. The summed E-state index contributed by atoms with van der Waals surface area (Å²) in [5.74, 6) is 0. The van der Waals surface area contributed by atoms with Crippen LogP contribution in [0, 0.1) is 0 Å². The molecule has 13 heteroatoms. The number of pyridine rings is 1. The molecule has 2 aromatic heterocycles. The third-order valence-corrected chi connectivity index (χ3v) is 7.19. The molecular weight excluding hydrogens is 581 g/mol. The van der Waals surface area contributed by atoms with Gasteiger partial charge < -0.3 is 31.6 Å². The van der Waals surface area contributed by atoms with Crippen LogP contribution in [0.25, 0.3) is 11.0 Å². The molecule has 200 valence electrons. The van der Waals surface area contributed by atoms with Crippen molar-refractivity contribution in [1.82, 2.24) is 13.9 Å². The number of anilines is 2. The van der Waals surface area contributed by atoms with E-state index in [9.17, 15) is 13.2 Å². The minimum absolute atomic E-state index is 0. The predicted molar refractivity (Wildman–Crippen MR) is 131 cm³/mol. The van der Waals surface area contributed by atoms with Gasteiger partial charge in [-0.15, -0.1) is 0 Å². The molecule has 0 radical (unpaired) electrons. The number of nitrogens with one attached hydrogen (secondary N) is 1. The van der Waals surface area contributed by atoms with E-state index in [1.807, 2.05) is 20.8 Å². The van der Waals surface area contributed by atoms with Crippen molar-refractivity contribution in [2.24, 2.45) is 0 Å². The van der Waals surface area contributed by atoms with Gasteiger partial charge in [0.05, 0.1) is 22.5 Å². The van der Waals surface area contributed by atoms with Crippen LogP contribution in [0.3, 0.4) is 0 Å². The van der Waals surface area contributed by atoms with Crippen LogP contribution in [0.15, 0.2) is 53.7 Å². The summed E-state index contributed by atoms with van der Waals surface area (Å²) >= 11 is 0. The molecule has 4 rings (SSSR count). The van der Waals surface area contributed by atoms with E-state index < -0.39 is 15.6 Å². The molecule has 1 aliphatic rings. The van der Waals surface area contributed by atoms with E-state index in [1.54, 1.807) is 41.3 Å². The minimum atomic E-state index is -3.79. The van der Waals surface area contributed by atoms with Crippen LogP contribution in [-0.2, 0) is 35.2 Å². The standard InChI is InChI=1S/C23H29N5O4S.2H2O.Pd/c1-23(2,3)32-22(29)27-12-9-16(10-13-27)26-20-18-11-14-28(21(18)25-15-19(20)24)33(30,31)17-7-5-4-6-8-17;;;/h4-8,11,14-16H,9-10,12-13,24H2,1-3H3,(H,25,26);2*1H2;/q;;;+2/p-2. The van der Waals surface area contributed by atoms with Crippen LogP contribution >= 0.6 is 0 Å². The average Bonchev–Trinajstić information content (AvgIpc) is 3.21. The second-order valence-corrected chi connectivity index (χ2v) is 11.0. The van der Waals surface area contributed by atoms with Crippen molar-refractivity contribution in [3.63, 3.8) is 0 Å². The summed E-state index contributed by atoms with van der Waals surface area (Å²) in [6.45, 7) is 6.66. The van der Waals surface area contributed by atoms with Gasteiger partial charge >= 0.3 is 26.5 Å².